The number of nitrogen functional groups attached to an aromatic ring is 1. The Kier molecular flexibility index (Phi) is 6.19. The van der Waals surface area contributed by atoms with Crippen LogP contribution < -0.4 is 11.1 Å². The van der Waals surface area contributed by atoms with Gasteiger partial charge < -0.3 is 11.1 Å². The quantitative estimate of drug-likeness (QED) is 0.787. The molecule has 0 saturated carbocycles. The monoisotopic (exact) mass is 288 g/mol. The minimum absolute atomic E-state index is 0.0873. The fourth-order valence-electron chi connectivity index (χ4n) is 2.13. The lowest BCUT2D eigenvalue weighted by Gasteiger charge is -2.28. The van der Waals surface area contributed by atoms with Crippen molar-refractivity contribution in [2.45, 2.75) is 33.7 Å². The Hall–Kier alpha value is -2.06. The van der Waals surface area contributed by atoms with E-state index in [0.717, 1.165) is 17.8 Å². The maximum Gasteiger partial charge on any atom is 0.241 e. The first-order valence-corrected chi connectivity index (χ1v) is 7.19. The highest BCUT2D eigenvalue weighted by atomic mass is 16.2. The summed E-state index contributed by atoms with van der Waals surface area (Å²) in [5, 5.41) is 11.8. The van der Waals surface area contributed by atoms with Crippen molar-refractivity contribution in [3.05, 3.63) is 23.8 Å². The van der Waals surface area contributed by atoms with Gasteiger partial charge in [0, 0.05) is 17.9 Å². The van der Waals surface area contributed by atoms with Crippen LogP contribution in [0.4, 0.5) is 11.4 Å². The lowest BCUT2D eigenvalue weighted by molar-refractivity contribution is -0.120. The van der Waals surface area contributed by atoms with Crippen LogP contribution >= 0.6 is 0 Å². The molecule has 0 spiro atoms. The van der Waals surface area contributed by atoms with Crippen LogP contribution in [0.1, 0.15) is 26.3 Å². The number of carbonyl (C=O) groups excluding carboxylic acids is 1. The molecule has 1 aromatic rings. The minimum Gasteiger partial charge on any atom is -0.399 e. The average molecular weight is 288 g/mol. The molecule has 1 amide bonds. The Morgan fingerprint density at radius 3 is 2.71 bits per heavy atom. The summed E-state index contributed by atoms with van der Waals surface area (Å²) in [5.41, 5.74) is 8.07. The molecule has 5 nitrogen and oxygen atoms in total. The summed E-state index contributed by atoms with van der Waals surface area (Å²) in [4.78, 5) is 14.4. The Labute approximate surface area is 126 Å². The largest absolute Gasteiger partial charge is 0.399 e. The lowest BCUT2D eigenvalue weighted by atomic mass is 10.1. The molecule has 1 aromatic carbocycles. The number of carbonyl (C=O) groups is 1. The summed E-state index contributed by atoms with van der Waals surface area (Å²) in [5.74, 6) is -0.190. The first-order valence-electron chi connectivity index (χ1n) is 7.19. The molecule has 0 heterocycles. The van der Waals surface area contributed by atoms with E-state index in [9.17, 15) is 4.79 Å². The van der Waals surface area contributed by atoms with Gasteiger partial charge in [-0.3, -0.25) is 9.69 Å². The fourth-order valence-corrected chi connectivity index (χ4v) is 2.13. The minimum atomic E-state index is -0.299. The fraction of sp³-hybridized carbons (Fsp3) is 0.500. The summed E-state index contributed by atoms with van der Waals surface area (Å²) in [6.07, 6.45) is 0. The summed E-state index contributed by atoms with van der Waals surface area (Å²) in [6, 6.07) is 7.35. The van der Waals surface area contributed by atoms with Gasteiger partial charge in [0.1, 0.15) is 0 Å². The normalized spacial score (nSPS) is 13.5. The zero-order valence-electron chi connectivity index (χ0n) is 13.2. The topological polar surface area (TPSA) is 82.2 Å². The van der Waals surface area contributed by atoms with Gasteiger partial charge in [0.05, 0.1) is 18.0 Å². The van der Waals surface area contributed by atoms with Crippen LogP contribution in [0.2, 0.25) is 0 Å². The van der Waals surface area contributed by atoms with E-state index in [2.05, 4.69) is 11.4 Å². The van der Waals surface area contributed by atoms with Gasteiger partial charge in [-0.15, -0.1) is 0 Å². The van der Waals surface area contributed by atoms with E-state index >= 15 is 0 Å². The summed E-state index contributed by atoms with van der Waals surface area (Å²) >= 11 is 0. The van der Waals surface area contributed by atoms with Crippen molar-refractivity contribution in [1.82, 2.24) is 4.90 Å². The second kappa shape index (κ2) is 7.65. The van der Waals surface area contributed by atoms with E-state index in [4.69, 9.17) is 11.0 Å². The van der Waals surface area contributed by atoms with Crippen molar-refractivity contribution in [2.24, 2.45) is 5.92 Å². The highest BCUT2D eigenvalue weighted by Gasteiger charge is 2.22. The molecule has 0 bridgehead atoms. The number of hydrogen-bond acceptors (Lipinski definition) is 4. The molecule has 0 radical (unpaired) electrons. The number of likely N-dealkylation sites (N-methyl/N-ethyl adjacent to an activating group) is 1. The summed E-state index contributed by atoms with van der Waals surface area (Å²) in [7, 11) is 0. The van der Waals surface area contributed by atoms with Crippen LogP contribution in [-0.4, -0.2) is 29.9 Å². The lowest BCUT2D eigenvalue weighted by Crippen LogP contribution is -2.43. The first-order chi connectivity index (χ1) is 9.88. The van der Waals surface area contributed by atoms with Crippen LogP contribution in [0.15, 0.2) is 18.2 Å². The molecule has 0 aliphatic carbocycles. The SMILES string of the molecule is CCN(CC(C)C#N)C(C)C(=O)Nc1cc(N)ccc1C. The number of hydrogen-bond donors (Lipinski definition) is 2. The van der Waals surface area contributed by atoms with Crippen LogP contribution in [0.5, 0.6) is 0 Å². The van der Waals surface area contributed by atoms with Gasteiger partial charge in [0.15, 0.2) is 0 Å². The summed E-state index contributed by atoms with van der Waals surface area (Å²) in [6.45, 7) is 8.92. The van der Waals surface area contributed by atoms with Crippen LogP contribution in [-0.2, 0) is 4.79 Å². The number of nitriles is 1. The molecule has 1 rings (SSSR count). The summed E-state index contributed by atoms with van der Waals surface area (Å²) < 4.78 is 0. The zero-order chi connectivity index (χ0) is 16.0. The van der Waals surface area contributed by atoms with E-state index < -0.39 is 0 Å². The number of amides is 1. The molecule has 2 atom stereocenters. The van der Waals surface area contributed by atoms with Crippen molar-refractivity contribution in [2.75, 3.05) is 24.1 Å². The molecule has 114 valence electrons. The predicted molar refractivity (Wildman–Crippen MR) is 85.7 cm³/mol. The zero-order valence-corrected chi connectivity index (χ0v) is 13.2. The Balaban J connectivity index is 2.77. The highest BCUT2D eigenvalue weighted by Crippen LogP contribution is 2.19. The molecule has 0 aromatic heterocycles. The van der Waals surface area contributed by atoms with Gasteiger partial charge in [0.2, 0.25) is 5.91 Å². The number of aryl methyl sites for hydroxylation is 1. The maximum absolute atomic E-state index is 12.4. The number of benzene rings is 1. The third kappa shape index (κ3) is 4.76. The van der Waals surface area contributed by atoms with Crippen molar-refractivity contribution < 1.29 is 4.79 Å². The van der Waals surface area contributed by atoms with Crippen molar-refractivity contribution in [3.63, 3.8) is 0 Å². The molecule has 21 heavy (non-hydrogen) atoms. The van der Waals surface area contributed by atoms with Crippen molar-refractivity contribution in [3.8, 4) is 6.07 Å². The van der Waals surface area contributed by atoms with Gasteiger partial charge in [-0.05, 0) is 45.0 Å². The van der Waals surface area contributed by atoms with Crippen molar-refractivity contribution in [1.29, 1.82) is 5.26 Å². The van der Waals surface area contributed by atoms with E-state index in [1.165, 1.54) is 0 Å². The van der Waals surface area contributed by atoms with Crippen molar-refractivity contribution >= 4 is 17.3 Å². The number of rotatable bonds is 6. The Morgan fingerprint density at radius 1 is 1.48 bits per heavy atom. The second-order valence-corrected chi connectivity index (χ2v) is 5.36. The Morgan fingerprint density at radius 2 is 2.14 bits per heavy atom. The number of anilines is 2. The van der Waals surface area contributed by atoms with Crippen LogP contribution in [0.3, 0.4) is 0 Å². The maximum atomic E-state index is 12.4. The molecular weight excluding hydrogens is 264 g/mol. The average Bonchev–Trinajstić information content (AvgIpc) is 2.47. The van der Waals surface area contributed by atoms with Gasteiger partial charge in [0.25, 0.3) is 0 Å². The van der Waals surface area contributed by atoms with E-state index in [1.54, 1.807) is 12.1 Å². The molecule has 5 heteroatoms. The molecule has 2 unspecified atom stereocenters. The smallest absolute Gasteiger partial charge is 0.241 e. The third-order valence-electron chi connectivity index (χ3n) is 3.58. The molecular formula is C16H24N4O. The highest BCUT2D eigenvalue weighted by molar-refractivity contribution is 5.95. The van der Waals surface area contributed by atoms with E-state index in [-0.39, 0.29) is 17.9 Å². The van der Waals surface area contributed by atoms with Gasteiger partial charge in [-0.25, -0.2) is 0 Å². The van der Waals surface area contributed by atoms with Crippen LogP contribution in [0.25, 0.3) is 0 Å². The Bertz CT molecular complexity index is 536. The second-order valence-electron chi connectivity index (χ2n) is 5.36. The van der Waals surface area contributed by atoms with Gasteiger partial charge in [-0.1, -0.05) is 13.0 Å². The van der Waals surface area contributed by atoms with Gasteiger partial charge in [-0.2, -0.15) is 5.26 Å². The molecule has 0 aliphatic heterocycles. The standard InChI is InChI=1S/C16H24N4O/c1-5-20(10-11(2)9-17)13(4)16(21)19-15-8-14(18)7-6-12(15)3/h6-8,11,13H,5,10,18H2,1-4H3,(H,19,21). The number of nitrogens with one attached hydrogen (secondary N) is 1. The molecule has 0 aliphatic rings. The molecule has 0 saturated heterocycles. The molecule has 3 N–H and O–H groups in total. The first kappa shape index (κ1) is 17.0. The van der Waals surface area contributed by atoms with E-state index in [0.29, 0.717) is 12.2 Å². The van der Waals surface area contributed by atoms with Crippen LogP contribution in [0, 0.1) is 24.2 Å². The predicted octanol–water partition coefficient (Wildman–Crippen LogP) is 2.39. The van der Waals surface area contributed by atoms with Gasteiger partial charge >= 0.3 is 0 Å². The third-order valence-corrected chi connectivity index (χ3v) is 3.58. The number of nitrogens with two attached hydrogens (primary N) is 1. The molecule has 0 fully saturated rings. The van der Waals surface area contributed by atoms with E-state index in [1.807, 2.05) is 38.7 Å². The number of nitrogens with zero attached hydrogens (tertiary/aromatic N) is 2.